The van der Waals surface area contributed by atoms with E-state index in [2.05, 4.69) is 25.6 Å². The molecule has 0 aliphatic rings. The molecule has 28 heavy (non-hydrogen) atoms. The summed E-state index contributed by atoms with van der Waals surface area (Å²) in [6, 6.07) is 9.56. The molecule has 0 unspecified atom stereocenters. The van der Waals surface area contributed by atoms with Crippen LogP contribution < -0.4 is 10.6 Å². The van der Waals surface area contributed by atoms with Crippen LogP contribution in [0.4, 0.5) is 24.8 Å². The summed E-state index contributed by atoms with van der Waals surface area (Å²) in [5.74, 6) is -0.272. The standard InChI is InChI=1S/C19H16F3N5O/c1-12-10-16(17(28)24-11-13-6-8-23-9-7-13)27-18(25-12)26-15-4-2-14(3-5-15)19(20,21)22/h2-10H,11H2,1H3,(H,24,28)(H,25,26,27). The SMILES string of the molecule is Cc1cc(C(=O)NCc2ccncc2)nc(Nc2ccc(C(F)(F)F)cc2)n1. The fraction of sp³-hybridized carbons (Fsp3) is 0.158. The predicted molar refractivity (Wildman–Crippen MR) is 96.9 cm³/mol. The Kier molecular flexibility index (Phi) is 5.53. The van der Waals surface area contributed by atoms with Crippen LogP contribution in [0.2, 0.25) is 0 Å². The number of carbonyl (C=O) groups excluding carboxylic acids is 1. The van der Waals surface area contributed by atoms with E-state index in [9.17, 15) is 18.0 Å². The Hall–Kier alpha value is -3.49. The van der Waals surface area contributed by atoms with Crippen LogP contribution >= 0.6 is 0 Å². The number of hydrogen-bond donors (Lipinski definition) is 2. The van der Waals surface area contributed by atoms with E-state index in [0.29, 0.717) is 17.9 Å². The second-order valence-corrected chi connectivity index (χ2v) is 5.96. The minimum atomic E-state index is -4.40. The zero-order chi connectivity index (χ0) is 20.1. The summed E-state index contributed by atoms with van der Waals surface area (Å²) in [5, 5.41) is 5.56. The summed E-state index contributed by atoms with van der Waals surface area (Å²) >= 11 is 0. The van der Waals surface area contributed by atoms with Crippen molar-refractivity contribution < 1.29 is 18.0 Å². The number of alkyl halides is 3. The molecule has 0 saturated carbocycles. The van der Waals surface area contributed by atoms with Gasteiger partial charge in [0.05, 0.1) is 5.56 Å². The molecular formula is C19H16F3N5O. The first-order chi connectivity index (χ1) is 13.3. The smallest absolute Gasteiger partial charge is 0.347 e. The third-order valence-electron chi connectivity index (χ3n) is 3.76. The van der Waals surface area contributed by atoms with Gasteiger partial charge in [0.15, 0.2) is 0 Å². The van der Waals surface area contributed by atoms with E-state index in [0.717, 1.165) is 17.7 Å². The lowest BCUT2D eigenvalue weighted by molar-refractivity contribution is -0.137. The number of anilines is 2. The number of pyridine rings is 1. The van der Waals surface area contributed by atoms with E-state index in [1.165, 1.54) is 18.2 Å². The van der Waals surface area contributed by atoms with Gasteiger partial charge in [-0.2, -0.15) is 13.2 Å². The molecule has 1 aromatic carbocycles. The van der Waals surface area contributed by atoms with Crippen molar-refractivity contribution in [3.8, 4) is 0 Å². The molecule has 0 aliphatic carbocycles. The van der Waals surface area contributed by atoms with Gasteiger partial charge in [0.2, 0.25) is 5.95 Å². The highest BCUT2D eigenvalue weighted by molar-refractivity contribution is 5.92. The third-order valence-corrected chi connectivity index (χ3v) is 3.76. The maximum atomic E-state index is 12.6. The van der Waals surface area contributed by atoms with Crippen molar-refractivity contribution in [1.82, 2.24) is 20.3 Å². The Labute approximate surface area is 158 Å². The first-order valence-corrected chi connectivity index (χ1v) is 8.28. The molecule has 2 aromatic heterocycles. The Morgan fingerprint density at radius 3 is 2.36 bits per heavy atom. The number of nitrogens with zero attached hydrogens (tertiary/aromatic N) is 3. The number of halogens is 3. The summed E-state index contributed by atoms with van der Waals surface area (Å²) in [5.41, 5.74) is 1.20. The van der Waals surface area contributed by atoms with E-state index in [-0.39, 0.29) is 11.6 Å². The van der Waals surface area contributed by atoms with Gasteiger partial charge >= 0.3 is 6.18 Å². The molecule has 0 fully saturated rings. The van der Waals surface area contributed by atoms with Gasteiger partial charge < -0.3 is 10.6 Å². The molecule has 2 N–H and O–H groups in total. The van der Waals surface area contributed by atoms with Crippen LogP contribution in [0.1, 0.15) is 27.3 Å². The molecule has 3 rings (SSSR count). The van der Waals surface area contributed by atoms with Crippen LogP contribution in [0, 0.1) is 6.92 Å². The van der Waals surface area contributed by atoms with Gasteiger partial charge in [-0.25, -0.2) is 9.97 Å². The number of aromatic nitrogens is 3. The van der Waals surface area contributed by atoms with Gasteiger partial charge in [0.1, 0.15) is 5.69 Å². The fourth-order valence-corrected chi connectivity index (χ4v) is 2.39. The highest BCUT2D eigenvalue weighted by Gasteiger charge is 2.29. The molecular weight excluding hydrogens is 371 g/mol. The average molecular weight is 387 g/mol. The molecule has 144 valence electrons. The van der Waals surface area contributed by atoms with Gasteiger partial charge in [0.25, 0.3) is 5.91 Å². The first-order valence-electron chi connectivity index (χ1n) is 8.28. The van der Waals surface area contributed by atoms with E-state index in [1.54, 1.807) is 31.5 Å². The second-order valence-electron chi connectivity index (χ2n) is 5.96. The minimum absolute atomic E-state index is 0.119. The summed E-state index contributed by atoms with van der Waals surface area (Å²) in [6.07, 6.45) is -1.15. The number of hydrogen-bond acceptors (Lipinski definition) is 5. The van der Waals surface area contributed by atoms with E-state index in [4.69, 9.17) is 0 Å². The number of carbonyl (C=O) groups is 1. The predicted octanol–water partition coefficient (Wildman–Crippen LogP) is 3.87. The quantitative estimate of drug-likeness (QED) is 0.695. The molecule has 0 saturated heterocycles. The van der Waals surface area contributed by atoms with Crippen LogP contribution in [0.3, 0.4) is 0 Å². The number of nitrogens with one attached hydrogen (secondary N) is 2. The minimum Gasteiger partial charge on any atom is -0.347 e. The van der Waals surface area contributed by atoms with Crippen molar-refractivity contribution in [2.75, 3.05) is 5.32 Å². The molecule has 0 aliphatic heterocycles. The highest BCUT2D eigenvalue weighted by atomic mass is 19.4. The Balaban J connectivity index is 1.71. The van der Waals surface area contributed by atoms with Gasteiger partial charge in [-0.1, -0.05) is 0 Å². The summed E-state index contributed by atoms with van der Waals surface area (Å²) in [4.78, 5) is 24.6. The van der Waals surface area contributed by atoms with Crippen LogP contribution in [0.15, 0.2) is 54.9 Å². The first kappa shape index (κ1) is 19.3. The van der Waals surface area contributed by atoms with Crippen LogP contribution in [-0.2, 0) is 12.7 Å². The average Bonchev–Trinajstić information content (AvgIpc) is 2.66. The van der Waals surface area contributed by atoms with Gasteiger partial charge in [0, 0.05) is 30.3 Å². The van der Waals surface area contributed by atoms with Crippen molar-refractivity contribution in [2.45, 2.75) is 19.6 Å². The lowest BCUT2D eigenvalue weighted by atomic mass is 10.2. The molecule has 0 atom stereocenters. The van der Waals surface area contributed by atoms with Crippen molar-refractivity contribution in [2.24, 2.45) is 0 Å². The number of amides is 1. The maximum absolute atomic E-state index is 12.6. The molecule has 6 nitrogen and oxygen atoms in total. The molecule has 0 radical (unpaired) electrons. The summed E-state index contributed by atoms with van der Waals surface area (Å²) in [7, 11) is 0. The second kappa shape index (κ2) is 8.03. The van der Waals surface area contributed by atoms with Gasteiger partial charge in [-0.3, -0.25) is 9.78 Å². The Morgan fingerprint density at radius 2 is 1.71 bits per heavy atom. The van der Waals surface area contributed by atoms with Crippen molar-refractivity contribution in [3.05, 3.63) is 77.4 Å². The summed E-state index contributed by atoms with van der Waals surface area (Å²) < 4.78 is 37.9. The fourth-order valence-electron chi connectivity index (χ4n) is 2.39. The van der Waals surface area contributed by atoms with E-state index < -0.39 is 17.6 Å². The van der Waals surface area contributed by atoms with Crippen molar-refractivity contribution >= 4 is 17.5 Å². The molecule has 0 bridgehead atoms. The van der Waals surface area contributed by atoms with E-state index >= 15 is 0 Å². The monoisotopic (exact) mass is 387 g/mol. The van der Waals surface area contributed by atoms with E-state index in [1.807, 2.05) is 0 Å². The molecule has 2 heterocycles. The molecule has 0 spiro atoms. The largest absolute Gasteiger partial charge is 0.416 e. The maximum Gasteiger partial charge on any atom is 0.416 e. The van der Waals surface area contributed by atoms with Crippen molar-refractivity contribution in [3.63, 3.8) is 0 Å². The zero-order valence-corrected chi connectivity index (χ0v) is 14.8. The summed E-state index contributed by atoms with van der Waals surface area (Å²) in [6.45, 7) is 2.01. The van der Waals surface area contributed by atoms with Crippen molar-refractivity contribution in [1.29, 1.82) is 0 Å². The zero-order valence-electron chi connectivity index (χ0n) is 14.8. The van der Waals surface area contributed by atoms with Crippen LogP contribution in [0.5, 0.6) is 0 Å². The number of rotatable bonds is 5. The lowest BCUT2D eigenvalue weighted by Gasteiger charge is -2.10. The Bertz CT molecular complexity index is 960. The Morgan fingerprint density at radius 1 is 1.04 bits per heavy atom. The molecule has 3 aromatic rings. The van der Waals surface area contributed by atoms with Gasteiger partial charge in [-0.15, -0.1) is 0 Å². The lowest BCUT2D eigenvalue weighted by Crippen LogP contribution is -2.24. The normalized spacial score (nSPS) is 11.1. The molecule has 9 heteroatoms. The van der Waals surface area contributed by atoms with Crippen LogP contribution in [0.25, 0.3) is 0 Å². The number of aryl methyl sites for hydroxylation is 1. The third kappa shape index (κ3) is 5.03. The highest BCUT2D eigenvalue weighted by Crippen LogP contribution is 2.30. The number of benzene rings is 1. The molecule has 1 amide bonds. The van der Waals surface area contributed by atoms with Gasteiger partial charge in [-0.05, 0) is 55.0 Å². The van der Waals surface area contributed by atoms with Crippen LogP contribution in [-0.4, -0.2) is 20.9 Å². The topological polar surface area (TPSA) is 79.8 Å².